The zero-order valence-electron chi connectivity index (χ0n) is 17.2. The monoisotopic (exact) mass is 397 g/mol. The number of phenols is 1. The van der Waals surface area contributed by atoms with Gasteiger partial charge in [-0.2, -0.15) is 0 Å². The number of benzene rings is 2. The molecule has 0 aromatic heterocycles. The molecule has 0 aliphatic heterocycles. The molecule has 2 rings (SSSR count). The van der Waals surface area contributed by atoms with Crippen LogP contribution in [0.25, 0.3) is 0 Å². The molecular weight excluding hydrogens is 370 g/mol. The van der Waals surface area contributed by atoms with E-state index in [2.05, 4.69) is 0 Å². The van der Waals surface area contributed by atoms with Crippen LogP contribution in [0, 0.1) is 0 Å². The summed E-state index contributed by atoms with van der Waals surface area (Å²) < 4.78 is 5.53. The third kappa shape index (κ3) is 5.38. The van der Waals surface area contributed by atoms with Gasteiger partial charge in [0.1, 0.15) is 18.1 Å². The van der Waals surface area contributed by atoms with E-state index in [-0.39, 0.29) is 22.4 Å². The molecule has 2 aromatic carbocycles. The van der Waals surface area contributed by atoms with E-state index in [0.717, 1.165) is 24.4 Å². The Hall–Kier alpha value is -3.28. The van der Waals surface area contributed by atoms with Crippen molar-refractivity contribution in [2.45, 2.75) is 27.7 Å². The van der Waals surface area contributed by atoms with Crippen LogP contribution in [-0.2, 0) is 0 Å². The summed E-state index contributed by atoms with van der Waals surface area (Å²) in [5, 5.41) is 19.9. The molecule has 0 amide bonds. The van der Waals surface area contributed by atoms with Crippen molar-refractivity contribution in [2.24, 2.45) is 0 Å². The average Bonchev–Trinajstić information content (AvgIpc) is 2.68. The number of ketones is 1. The Labute approximate surface area is 171 Å². The largest absolute Gasteiger partial charge is 0.507 e. The molecule has 2 N–H and O–H groups in total. The number of hydrogen-bond acceptors (Lipinski definition) is 5. The molecule has 0 spiro atoms. The Bertz CT molecular complexity index is 925. The van der Waals surface area contributed by atoms with Crippen molar-refractivity contribution in [2.75, 3.05) is 24.6 Å². The molecule has 0 atom stereocenters. The first-order chi connectivity index (χ1) is 13.8. The lowest BCUT2D eigenvalue weighted by Crippen LogP contribution is -2.21. The molecule has 29 heavy (non-hydrogen) atoms. The van der Waals surface area contributed by atoms with Crippen LogP contribution in [0.15, 0.2) is 48.0 Å². The fourth-order valence-electron chi connectivity index (χ4n) is 2.94. The molecule has 0 fully saturated rings. The zero-order valence-corrected chi connectivity index (χ0v) is 17.2. The topological polar surface area (TPSA) is 87.1 Å². The van der Waals surface area contributed by atoms with E-state index in [4.69, 9.17) is 4.74 Å². The first kappa shape index (κ1) is 22.0. The number of carbonyl (C=O) groups is 2. The maximum atomic E-state index is 12.9. The van der Waals surface area contributed by atoms with Gasteiger partial charge in [0.2, 0.25) is 0 Å². The van der Waals surface area contributed by atoms with Crippen LogP contribution in [0.5, 0.6) is 11.5 Å². The first-order valence-corrected chi connectivity index (χ1v) is 9.54. The molecule has 6 heteroatoms. The van der Waals surface area contributed by atoms with Gasteiger partial charge < -0.3 is 19.8 Å². The van der Waals surface area contributed by atoms with E-state index in [0.29, 0.717) is 12.4 Å². The lowest BCUT2D eigenvalue weighted by Gasteiger charge is -2.21. The lowest BCUT2D eigenvalue weighted by molar-refractivity contribution is 0.0692. The van der Waals surface area contributed by atoms with Gasteiger partial charge in [0.15, 0.2) is 5.78 Å². The van der Waals surface area contributed by atoms with E-state index in [1.165, 1.54) is 24.3 Å². The van der Waals surface area contributed by atoms with Crippen LogP contribution in [-0.4, -0.2) is 41.7 Å². The minimum atomic E-state index is -1.24. The minimum Gasteiger partial charge on any atom is -0.507 e. The molecule has 0 heterocycles. The van der Waals surface area contributed by atoms with Crippen LogP contribution in [0.2, 0.25) is 0 Å². The molecule has 6 nitrogen and oxygen atoms in total. The summed E-state index contributed by atoms with van der Waals surface area (Å²) in [4.78, 5) is 26.7. The third-order valence-electron chi connectivity index (χ3n) is 4.56. The second kappa shape index (κ2) is 9.78. The Kier molecular flexibility index (Phi) is 7.42. The van der Waals surface area contributed by atoms with Crippen LogP contribution < -0.4 is 9.64 Å². The van der Waals surface area contributed by atoms with Crippen molar-refractivity contribution in [1.29, 1.82) is 0 Å². The Morgan fingerprint density at radius 1 is 1.00 bits per heavy atom. The number of nitrogens with zero attached hydrogens (tertiary/aromatic N) is 1. The Balaban J connectivity index is 2.37. The number of rotatable bonds is 9. The van der Waals surface area contributed by atoms with Crippen LogP contribution >= 0.6 is 0 Å². The van der Waals surface area contributed by atoms with Crippen molar-refractivity contribution in [1.82, 2.24) is 0 Å². The van der Waals surface area contributed by atoms with Gasteiger partial charge in [0.05, 0.1) is 11.1 Å². The summed E-state index contributed by atoms with van der Waals surface area (Å²) in [5.74, 6) is -1.61. The highest BCUT2D eigenvalue weighted by molar-refractivity contribution is 6.15. The summed E-state index contributed by atoms with van der Waals surface area (Å²) >= 11 is 0. The summed E-state index contributed by atoms with van der Waals surface area (Å²) in [5.41, 5.74) is 1.76. The molecule has 0 radical (unpaired) electrons. The zero-order chi connectivity index (χ0) is 21.6. The fraction of sp³-hybridized carbons (Fsp3) is 0.304. The van der Waals surface area contributed by atoms with Gasteiger partial charge in [0.25, 0.3) is 0 Å². The molecular formula is C23H27NO5. The number of aromatic hydroxyl groups is 1. The highest BCUT2D eigenvalue weighted by Gasteiger charge is 2.22. The quantitative estimate of drug-likeness (QED) is 0.478. The number of carboxylic acids is 1. The number of phenolic OH excluding ortho intramolecular Hbond substituents is 1. The van der Waals surface area contributed by atoms with Crippen molar-refractivity contribution < 1.29 is 24.5 Å². The minimum absolute atomic E-state index is 0.00190. The maximum absolute atomic E-state index is 12.9. The van der Waals surface area contributed by atoms with Crippen molar-refractivity contribution in [3.63, 3.8) is 0 Å². The summed E-state index contributed by atoms with van der Waals surface area (Å²) in [6.07, 6.45) is 1.87. The number of anilines is 1. The molecule has 0 saturated carbocycles. The predicted octanol–water partition coefficient (Wildman–Crippen LogP) is 4.51. The normalized spacial score (nSPS) is 10.3. The molecule has 0 aliphatic rings. The Morgan fingerprint density at radius 3 is 2.21 bits per heavy atom. The van der Waals surface area contributed by atoms with Gasteiger partial charge in [-0.3, -0.25) is 4.79 Å². The van der Waals surface area contributed by atoms with E-state index >= 15 is 0 Å². The maximum Gasteiger partial charge on any atom is 0.336 e. The second-order valence-corrected chi connectivity index (χ2v) is 6.81. The van der Waals surface area contributed by atoms with E-state index in [1.807, 2.05) is 38.7 Å². The van der Waals surface area contributed by atoms with E-state index in [9.17, 15) is 19.8 Å². The molecule has 0 unspecified atom stereocenters. The average molecular weight is 397 g/mol. The fourth-order valence-corrected chi connectivity index (χ4v) is 2.94. The number of allylic oxidation sites excluding steroid dienone is 1. The van der Waals surface area contributed by atoms with Gasteiger partial charge in [-0.15, -0.1) is 0 Å². The molecule has 0 aliphatic carbocycles. The SMILES string of the molecule is CCN(CC)c1ccc(C(=O)c2ccc(OCC=C(C)C)cc2C(=O)O)c(O)c1. The molecule has 0 bridgehead atoms. The van der Waals surface area contributed by atoms with Gasteiger partial charge in [-0.05, 0) is 64.1 Å². The van der Waals surface area contributed by atoms with Crippen LogP contribution in [0.1, 0.15) is 54.0 Å². The van der Waals surface area contributed by atoms with Gasteiger partial charge in [-0.25, -0.2) is 4.79 Å². The predicted molar refractivity (Wildman–Crippen MR) is 113 cm³/mol. The highest BCUT2D eigenvalue weighted by Crippen LogP contribution is 2.29. The number of carboxylic acid groups (broad SMARTS) is 1. The molecule has 2 aromatic rings. The van der Waals surface area contributed by atoms with Crippen LogP contribution in [0.4, 0.5) is 5.69 Å². The van der Waals surface area contributed by atoms with Crippen LogP contribution in [0.3, 0.4) is 0 Å². The summed E-state index contributed by atoms with van der Waals surface area (Å²) in [6.45, 7) is 9.71. The van der Waals surface area contributed by atoms with Crippen molar-refractivity contribution in [3.8, 4) is 11.5 Å². The van der Waals surface area contributed by atoms with Gasteiger partial charge >= 0.3 is 5.97 Å². The standard InChI is InChI=1S/C23H27NO5/c1-5-24(6-2)16-7-9-19(21(25)13-16)22(26)18-10-8-17(14-20(18)23(27)28)29-12-11-15(3)4/h7-11,13-14,25H,5-6,12H2,1-4H3,(H,27,28). The summed E-state index contributed by atoms with van der Waals surface area (Å²) in [7, 11) is 0. The lowest BCUT2D eigenvalue weighted by atomic mass is 9.97. The molecule has 154 valence electrons. The van der Waals surface area contributed by atoms with E-state index < -0.39 is 11.8 Å². The number of ether oxygens (including phenoxy) is 1. The van der Waals surface area contributed by atoms with Gasteiger partial charge in [-0.1, -0.05) is 5.57 Å². The van der Waals surface area contributed by atoms with Gasteiger partial charge in [0, 0.05) is 30.4 Å². The van der Waals surface area contributed by atoms with Crippen molar-refractivity contribution >= 4 is 17.4 Å². The van der Waals surface area contributed by atoms with E-state index in [1.54, 1.807) is 12.1 Å². The second-order valence-electron chi connectivity index (χ2n) is 6.81. The number of aromatic carboxylic acids is 1. The highest BCUT2D eigenvalue weighted by atomic mass is 16.5. The summed E-state index contributed by atoms with van der Waals surface area (Å²) in [6, 6.07) is 9.10. The Morgan fingerprint density at radius 2 is 1.66 bits per heavy atom. The first-order valence-electron chi connectivity index (χ1n) is 9.54. The number of carbonyl (C=O) groups excluding carboxylic acids is 1. The van der Waals surface area contributed by atoms with Crippen molar-refractivity contribution in [3.05, 3.63) is 64.7 Å². The number of hydrogen-bond donors (Lipinski definition) is 2. The third-order valence-corrected chi connectivity index (χ3v) is 4.56. The molecule has 0 saturated heterocycles. The smallest absolute Gasteiger partial charge is 0.336 e.